The molecule has 3 N–H and O–H groups in total. The molecule has 0 fully saturated rings. The van der Waals surface area contributed by atoms with Crippen molar-refractivity contribution in [3.8, 4) is 5.75 Å². The van der Waals surface area contributed by atoms with Gasteiger partial charge in [0.05, 0.1) is 20.9 Å². The highest BCUT2D eigenvalue weighted by Gasteiger charge is 2.14. The van der Waals surface area contributed by atoms with Gasteiger partial charge in [0.15, 0.2) is 0 Å². The fourth-order valence-corrected chi connectivity index (χ4v) is 2.63. The number of benzene rings is 1. The Labute approximate surface area is 118 Å². The molecule has 1 aromatic carbocycles. The number of allylic oxidation sites excluding steroid dienone is 2. The van der Waals surface area contributed by atoms with Crippen molar-refractivity contribution in [2.75, 3.05) is 0 Å². The highest BCUT2D eigenvalue weighted by Crippen LogP contribution is 2.31. The van der Waals surface area contributed by atoms with E-state index in [1.807, 2.05) is 17.6 Å². The molecule has 0 saturated carbocycles. The van der Waals surface area contributed by atoms with Crippen LogP contribution in [-0.2, 0) is 0 Å². The largest absolute Gasteiger partial charge is 0.508 e. The first-order valence-electron chi connectivity index (χ1n) is 5.14. The predicted molar refractivity (Wildman–Crippen MR) is 81.4 cm³/mol. The summed E-state index contributed by atoms with van der Waals surface area (Å²) in [6, 6.07) is 6.83. The van der Waals surface area contributed by atoms with Gasteiger partial charge in [0.1, 0.15) is 5.75 Å². The zero-order valence-electron chi connectivity index (χ0n) is 9.43. The average Bonchev–Trinajstić information content (AvgIpc) is 2.77. The third-order valence-corrected chi connectivity index (χ3v) is 3.89. The molecule has 1 aliphatic heterocycles. The molecular weight excluding hydrogens is 312 g/mol. The highest BCUT2D eigenvalue weighted by atomic mass is 79.9. The lowest BCUT2D eigenvalue weighted by molar-refractivity contribution is 0.475. The van der Waals surface area contributed by atoms with Crippen molar-refractivity contribution >= 4 is 39.1 Å². The number of thioether (sulfide) groups is 1. The smallest absolute Gasteiger partial charge is 0.116 e. The molecule has 0 aliphatic carbocycles. The Hall–Kier alpha value is -1.46. The second-order valence-corrected chi connectivity index (χ2v) is 5.36. The fraction of sp³-hybridized carbons (Fsp3) is 0. The predicted octanol–water partition coefficient (Wildman–Crippen LogP) is 3.59. The number of aromatic hydroxyl groups is 1. The standard InChI is InChI=1S/C13H11BrN2OS/c1-8(9-3-2-4-10(17)7-9)16-11-5-6-18-12(11)13(14)15/h2-7,17H,1,15H2/b13-12+,16-11-. The van der Waals surface area contributed by atoms with Crippen molar-refractivity contribution in [3.05, 3.63) is 57.4 Å². The Bertz CT molecular complexity index is 586. The maximum atomic E-state index is 9.42. The number of rotatable bonds is 2. The van der Waals surface area contributed by atoms with E-state index in [0.29, 0.717) is 10.3 Å². The molecular formula is C13H11BrN2OS. The van der Waals surface area contributed by atoms with Crippen LogP contribution >= 0.6 is 27.7 Å². The molecule has 5 heteroatoms. The van der Waals surface area contributed by atoms with Crippen LogP contribution in [0.2, 0.25) is 0 Å². The number of phenols is 1. The van der Waals surface area contributed by atoms with Crippen molar-refractivity contribution in [1.29, 1.82) is 0 Å². The van der Waals surface area contributed by atoms with Crippen LogP contribution in [0.1, 0.15) is 5.56 Å². The van der Waals surface area contributed by atoms with Crippen molar-refractivity contribution in [3.63, 3.8) is 0 Å². The number of halogens is 1. The van der Waals surface area contributed by atoms with Gasteiger partial charge in [0, 0.05) is 5.56 Å². The van der Waals surface area contributed by atoms with Gasteiger partial charge in [-0.1, -0.05) is 30.5 Å². The molecule has 1 heterocycles. The molecule has 3 nitrogen and oxygen atoms in total. The Morgan fingerprint density at radius 3 is 2.89 bits per heavy atom. The minimum absolute atomic E-state index is 0.195. The molecule has 0 atom stereocenters. The zero-order valence-corrected chi connectivity index (χ0v) is 11.8. The van der Waals surface area contributed by atoms with Gasteiger partial charge in [0.25, 0.3) is 0 Å². The maximum absolute atomic E-state index is 9.42. The molecule has 0 spiro atoms. The van der Waals surface area contributed by atoms with E-state index in [1.54, 1.807) is 18.2 Å². The molecule has 0 amide bonds. The Kier molecular flexibility index (Phi) is 3.93. The number of nitrogens with two attached hydrogens (primary N) is 1. The lowest BCUT2D eigenvalue weighted by Gasteiger charge is -2.04. The minimum atomic E-state index is 0.195. The molecule has 0 unspecified atom stereocenters. The average molecular weight is 323 g/mol. The lowest BCUT2D eigenvalue weighted by atomic mass is 10.1. The summed E-state index contributed by atoms with van der Waals surface area (Å²) in [4.78, 5) is 5.30. The minimum Gasteiger partial charge on any atom is -0.508 e. The first-order valence-corrected chi connectivity index (χ1v) is 6.81. The number of phenolic OH excluding ortho intramolecular Hbond substituents is 1. The normalized spacial score (nSPS) is 19.3. The number of hydrogen-bond acceptors (Lipinski definition) is 4. The van der Waals surface area contributed by atoms with Crippen LogP contribution < -0.4 is 5.73 Å². The van der Waals surface area contributed by atoms with E-state index < -0.39 is 0 Å². The molecule has 0 saturated heterocycles. The Morgan fingerprint density at radius 1 is 1.44 bits per heavy atom. The Balaban J connectivity index is 2.31. The quantitative estimate of drug-likeness (QED) is 0.818. The lowest BCUT2D eigenvalue weighted by Crippen LogP contribution is -1.99. The molecule has 0 bridgehead atoms. The van der Waals surface area contributed by atoms with Gasteiger partial charge in [-0.15, -0.1) is 0 Å². The van der Waals surface area contributed by atoms with E-state index in [9.17, 15) is 5.11 Å². The SMILES string of the molecule is C=C(/N=C1/C=CS/C1=C(/N)Br)c1cccc(O)c1. The van der Waals surface area contributed by atoms with Crippen LogP contribution in [0.25, 0.3) is 5.70 Å². The fourth-order valence-electron chi connectivity index (χ4n) is 1.46. The summed E-state index contributed by atoms with van der Waals surface area (Å²) in [6.07, 6.45) is 1.88. The third kappa shape index (κ3) is 2.86. The summed E-state index contributed by atoms with van der Waals surface area (Å²) in [5, 5.41) is 11.3. The summed E-state index contributed by atoms with van der Waals surface area (Å²) in [5.41, 5.74) is 7.84. The van der Waals surface area contributed by atoms with Crippen molar-refractivity contribution in [2.24, 2.45) is 10.7 Å². The first-order chi connectivity index (χ1) is 8.58. The first kappa shape index (κ1) is 13.0. The van der Waals surface area contributed by atoms with E-state index >= 15 is 0 Å². The van der Waals surface area contributed by atoms with E-state index in [1.165, 1.54) is 11.8 Å². The number of nitrogens with zero attached hydrogens (tertiary/aromatic N) is 1. The summed E-state index contributed by atoms with van der Waals surface area (Å²) >= 11 is 4.75. The van der Waals surface area contributed by atoms with Crippen LogP contribution in [-0.4, -0.2) is 10.8 Å². The highest BCUT2D eigenvalue weighted by molar-refractivity contribution is 9.11. The van der Waals surface area contributed by atoms with Crippen LogP contribution in [0, 0.1) is 0 Å². The van der Waals surface area contributed by atoms with Gasteiger partial charge < -0.3 is 10.8 Å². The molecule has 92 valence electrons. The van der Waals surface area contributed by atoms with E-state index in [4.69, 9.17) is 5.73 Å². The third-order valence-electron chi connectivity index (χ3n) is 2.30. The monoisotopic (exact) mass is 322 g/mol. The van der Waals surface area contributed by atoms with Crippen LogP contribution in [0.3, 0.4) is 0 Å². The van der Waals surface area contributed by atoms with Crippen LogP contribution in [0.4, 0.5) is 0 Å². The summed E-state index contributed by atoms with van der Waals surface area (Å²) < 4.78 is 0.556. The van der Waals surface area contributed by atoms with Gasteiger partial charge in [-0.25, -0.2) is 4.99 Å². The molecule has 0 radical (unpaired) electrons. The number of hydrogen-bond donors (Lipinski definition) is 2. The summed E-state index contributed by atoms with van der Waals surface area (Å²) in [5.74, 6) is 0.195. The van der Waals surface area contributed by atoms with Crippen LogP contribution in [0.15, 0.2) is 56.8 Å². The zero-order chi connectivity index (χ0) is 13.1. The second kappa shape index (κ2) is 5.46. The Morgan fingerprint density at radius 2 is 2.22 bits per heavy atom. The van der Waals surface area contributed by atoms with Crippen molar-refractivity contribution in [1.82, 2.24) is 0 Å². The van der Waals surface area contributed by atoms with Gasteiger partial charge in [0.2, 0.25) is 0 Å². The molecule has 1 aromatic rings. The molecule has 1 aliphatic rings. The van der Waals surface area contributed by atoms with Gasteiger partial charge in [-0.2, -0.15) is 0 Å². The van der Waals surface area contributed by atoms with Crippen LogP contribution in [0.5, 0.6) is 5.75 Å². The van der Waals surface area contributed by atoms with E-state index in [0.717, 1.165) is 16.2 Å². The summed E-state index contributed by atoms with van der Waals surface area (Å²) in [7, 11) is 0. The topological polar surface area (TPSA) is 58.6 Å². The van der Waals surface area contributed by atoms with Gasteiger partial charge >= 0.3 is 0 Å². The van der Waals surface area contributed by atoms with Crippen molar-refractivity contribution < 1.29 is 5.11 Å². The summed E-state index contributed by atoms with van der Waals surface area (Å²) in [6.45, 7) is 3.90. The molecule has 2 rings (SSSR count). The second-order valence-electron chi connectivity index (χ2n) is 3.59. The number of aliphatic imine (C=N–C) groups is 1. The van der Waals surface area contributed by atoms with Crippen molar-refractivity contribution in [2.45, 2.75) is 0 Å². The van der Waals surface area contributed by atoms with Gasteiger partial charge in [-0.05, 0) is 39.5 Å². The van der Waals surface area contributed by atoms with E-state index in [-0.39, 0.29) is 5.75 Å². The molecule has 18 heavy (non-hydrogen) atoms. The molecule has 0 aromatic heterocycles. The van der Waals surface area contributed by atoms with E-state index in [2.05, 4.69) is 27.5 Å². The van der Waals surface area contributed by atoms with Gasteiger partial charge in [-0.3, -0.25) is 0 Å². The maximum Gasteiger partial charge on any atom is 0.116 e.